The Morgan fingerprint density at radius 1 is 1.29 bits per heavy atom. The summed E-state index contributed by atoms with van der Waals surface area (Å²) in [5.41, 5.74) is 1.05. The molecule has 1 aromatic carbocycles. The number of nitrogens with zero attached hydrogens (tertiary/aromatic N) is 3. The van der Waals surface area contributed by atoms with Crippen LogP contribution in [0.5, 0.6) is 0 Å². The predicted octanol–water partition coefficient (Wildman–Crippen LogP) is 0.653. The first-order valence-corrected chi connectivity index (χ1v) is 5.57. The molecular formula is C12H12N4O. The summed E-state index contributed by atoms with van der Waals surface area (Å²) in [4.78, 5) is 12.1. The van der Waals surface area contributed by atoms with Gasteiger partial charge in [-0.15, -0.1) is 5.10 Å². The quantitative estimate of drug-likeness (QED) is 0.784. The maximum absolute atomic E-state index is 12.1. The minimum Gasteiger partial charge on any atom is -0.312 e. The number of benzene rings is 1. The van der Waals surface area contributed by atoms with E-state index in [4.69, 9.17) is 0 Å². The van der Waals surface area contributed by atoms with Crippen LogP contribution in [-0.4, -0.2) is 33.9 Å². The van der Waals surface area contributed by atoms with Crippen molar-refractivity contribution in [2.75, 3.05) is 13.1 Å². The van der Waals surface area contributed by atoms with Crippen molar-refractivity contribution in [2.24, 2.45) is 0 Å². The third kappa shape index (κ3) is 1.85. The van der Waals surface area contributed by atoms with Crippen LogP contribution >= 0.6 is 0 Å². The third-order valence-corrected chi connectivity index (χ3v) is 2.91. The lowest BCUT2D eigenvalue weighted by atomic mass is 10.1. The average Bonchev–Trinajstić information content (AvgIpc) is 2.76. The van der Waals surface area contributed by atoms with Crippen LogP contribution < -0.4 is 5.32 Å². The lowest BCUT2D eigenvalue weighted by Crippen LogP contribution is -2.43. The molecule has 0 aliphatic carbocycles. The SMILES string of the molecule is O=C(c1ccccc1)c1cn(C2CNC2)nn1. The molecule has 0 saturated carbocycles. The van der Waals surface area contributed by atoms with Crippen molar-refractivity contribution >= 4 is 5.78 Å². The van der Waals surface area contributed by atoms with E-state index in [1.165, 1.54) is 0 Å². The largest absolute Gasteiger partial charge is 0.312 e. The van der Waals surface area contributed by atoms with Gasteiger partial charge in [0, 0.05) is 18.7 Å². The van der Waals surface area contributed by atoms with Crippen molar-refractivity contribution in [3.05, 3.63) is 47.8 Å². The number of carbonyl (C=O) groups is 1. The highest BCUT2D eigenvalue weighted by molar-refractivity contribution is 6.07. The minimum atomic E-state index is -0.0795. The second-order valence-corrected chi connectivity index (χ2v) is 4.09. The fraction of sp³-hybridized carbons (Fsp3) is 0.250. The fourth-order valence-electron chi connectivity index (χ4n) is 1.76. The van der Waals surface area contributed by atoms with Gasteiger partial charge in [-0.25, -0.2) is 4.68 Å². The van der Waals surface area contributed by atoms with Crippen LogP contribution in [-0.2, 0) is 0 Å². The molecule has 0 amide bonds. The van der Waals surface area contributed by atoms with Crippen molar-refractivity contribution < 1.29 is 4.79 Å². The predicted molar refractivity (Wildman–Crippen MR) is 61.8 cm³/mol. The number of nitrogens with one attached hydrogen (secondary N) is 1. The summed E-state index contributed by atoms with van der Waals surface area (Å²) in [7, 11) is 0. The number of aromatic nitrogens is 3. The van der Waals surface area contributed by atoms with Crippen molar-refractivity contribution in [3.8, 4) is 0 Å². The first-order chi connectivity index (χ1) is 8.34. The van der Waals surface area contributed by atoms with Gasteiger partial charge in [0.05, 0.1) is 12.2 Å². The second kappa shape index (κ2) is 4.10. The van der Waals surface area contributed by atoms with Crippen LogP contribution in [0.3, 0.4) is 0 Å². The maximum Gasteiger partial charge on any atom is 0.214 e. The Labute approximate surface area is 98.4 Å². The molecule has 1 fully saturated rings. The van der Waals surface area contributed by atoms with Crippen LogP contribution in [0.25, 0.3) is 0 Å². The first-order valence-electron chi connectivity index (χ1n) is 5.57. The van der Waals surface area contributed by atoms with Crippen LogP contribution in [0.4, 0.5) is 0 Å². The zero-order chi connectivity index (χ0) is 11.7. The standard InChI is InChI=1S/C12H12N4O/c17-12(9-4-2-1-3-5-9)11-8-16(15-14-11)10-6-13-7-10/h1-5,8,10,13H,6-7H2. The normalized spacial score (nSPS) is 15.5. The maximum atomic E-state index is 12.1. The smallest absolute Gasteiger partial charge is 0.214 e. The van der Waals surface area contributed by atoms with Crippen molar-refractivity contribution in [3.63, 3.8) is 0 Å². The second-order valence-electron chi connectivity index (χ2n) is 4.09. The highest BCUT2D eigenvalue weighted by Crippen LogP contribution is 2.12. The van der Waals surface area contributed by atoms with E-state index >= 15 is 0 Å². The van der Waals surface area contributed by atoms with Gasteiger partial charge >= 0.3 is 0 Å². The molecule has 3 rings (SSSR count). The Balaban J connectivity index is 1.84. The summed E-state index contributed by atoms with van der Waals surface area (Å²) >= 11 is 0. The fourth-order valence-corrected chi connectivity index (χ4v) is 1.76. The molecule has 2 aromatic rings. The molecule has 1 saturated heterocycles. The zero-order valence-corrected chi connectivity index (χ0v) is 9.21. The van der Waals surface area contributed by atoms with Crippen LogP contribution in [0, 0.1) is 0 Å². The monoisotopic (exact) mass is 228 g/mol. The first kappa shape index (κ1) is 10.2. The van der Waals surface area contributed by atoms with E-state index in [9.17, 15) is 4.79 Å². The highest BCUT2D eigenvalue weighted by atomic mass is 16.1. The molecule has 0 unspecified atom stereocenters. The van der Waals surface area contributed by atoms with Crippen LogP contribution in [0.1, 0.15) is 22.1 Å². The zero-order valence-electron chi connectivity index (χ0n) is 9.21. The molecular weight excluding hydrogens is 216 g/mol. The van der Waals surface area contributed by atoms with Gasteiger partial charge in [-0.3, -0.25) is 4.79 Å². The van der Waals surface area contributed by atoms with Gasteiger partial charge < -0.3 is 5.32 Å². The van der Waals surface area contributed by atoms with E-state index in [0.29, 0.717) is 17.3 Å². The molecule has 0 radical (unpaired) electrons. The number of hydrogen-bond donors (Lipinski definition) is 1. The van der Waals surface area contributed by atoms with E-state index in [0.717, 1.165) is 13.1 Å². The topological polar surface area (TPSA) is 59.8 Å². The Morgan fingerprint density at radius 3 is 2.71 bits per heavy atom. The van der Waals surface area contributed by atoms with Crippen LogP contribution in [0.15, 0.2) is 36.5 Å². The lowest BCUT2D eigenvalue weighted by Gasteiger charge is -2.26. The molecule has 1 aliphatic rings. The van der Waals surface area contributed by atoms with E-state index < -0.39 is 0 Å². The summed E-state index contributed by atoms with van der Waals surface area (Å²) < 4.78 is 1.76. The molecule has 86 valence electrons. The number of ketones is 1. The Hall–Kier alpha value is -2.01. The molecule has 0 bridgehead atoms. The molecule has 0 spiro atoms. The molecule has 1 N–H and O–H groups in total. The van der Waals surface area contributed by atoms with Crippen LogP contribution in [0.2, 0.25) is 0 Å². The Morgan fingerprint density at radius 2 is 2.06 bits per heavy atom. The van der Waals surface area contributed by atoms with E-state index in [1.54, 1.807) is 23.0 Å². The van der Waals surface area contributed by atoms with E-state index in [1.807, 2.05) is 18.2 Å². The van der Waals surface area contributed by atoms with E-state index in [-0.39, 0.29) is 5.78 Å². The summed E-state index contributed by atoms with van der Waals surface area (Å²) in [5, 5.41) is 11.1. The molecule has 1 aromatic heterocycles. The molecule has 1 aliphatic heterocycles. The lowest BCUT2D eigenvalue weighted by molar-refractivity contribution is 0.103. The summed E-state index contributed by atoms with van der Waals surface area (Å²) in [6, 6.07) is 9.47. The van der Waals surface area contributed by atoms with E-state index in [2.05, 4.69) is 15.6 Å². The van der Waals surface area contributed by atoms with Crippen molar-refractivity contribution in [2.45, 2.75) is 6.04 Å². The molecule has 5 nitrogen and oxygen atoms in total. The number of rotatable bonds is 3. The number of carbonyl (C=O) groups excluding carboxylic acids is 1. The van der Waals surface area contributed by atoms with Crippen molar-refractivity contribution in [1.82, 2.24) is 20.3 Å². The summed E-state index contributed by atoms with van der Waals surface area (Å²) in [6.07, 6.45) is 1.72. The van der Waals surface area contributed by atoms with Gasteiger partial charge in [0.15, 0.2) is 5.69 Å². The average molecular weight is 228 g/mol. The van der Waals surface area contributed by atoms with Gasteiger partial charge in [0.2, 0.25) is 5.78 Å². The molecule has 2 heterocycles. The van der Waals surface area contributed by atoms with Gasteiger partial charge in [0.1, 0.15) is 0 Å². The Bertz CT molecular complexity index is 530. The highest BCUT2D eigenvalue weighted by Gasteiger charge is 2.21. The molecule has 5 heteroatoms. The Kier molecular flexibility index (Phi) is 2.45. The van der Waals surface area contributed by atoms with Gasteiger partial charge in [-0.05, 0) is 0 Å². The van der Waals surface area contributed by atoms with Crippen molar-refractivity contribution in [1.29, 1.82) is 0 Å². The third-order valence-electron chi connectivity index (χ3n) is 2.91. The summed E-state index contributed by atoms with van der Waals surface area (Å²) in [6.45, 7) is 1.78. The van der Waals surface area contributed by atoms with Gasteiger partial charge in [-0.2, -0.15) is 0 Å². The molecule has 17 heavy (non-hydrogen) atoms. The van der Waals surface area contributed by atoms with Gasteiger partial charge in [-0.1, -0.05) is 35.5 Å². The number of hydrogen-bond acceptors (Lipinski definition) is 4. The van der Waals surface area contributed by atoms with Gasteiger partial charge in [0.25, 0.3) is 0 Å². The summed E-state index contributed by atoms with van der Waals surface area (Å²) in [5.74, 6) is -0.0795. The molecule has 0 atom stereocenters. The minimum absolute atomic E-state index is 0.0795.